The molecule has 1 atom stereocenters. The van der Waals surface area contributed by atoms with Crippen molar-refractivity contribution in [2.24, 2.45) is 0 Å². The summed E-state index contributed by atoms with van der Waals surface area (Å²) in [4.78, 5) is 31.6. The van der Waals surface area contributed by atoms with Crippen LogP contribution in [0.2, 0.25) is 0 Å². The molecular formula is C26H28N8O3. The Labute approximate surface area is 213 Å². The zero-order valence-corrected chi connectivity index (χ0v) is 20.8. The number of allylic oxidation sites excluding steroid dienone is 1. The monoisotopic (exact) mass is 500 g/mol. The van der Waals surface area contributed by atoms with E-state index in [2.05, 4.69) is 44.8 Å². The number of methoxy groups -OCH3 is 1. The normalized spacial score (nSPS) is 17.1. The first-order valence-corrected chi connectivity index (χ1v) is 12.2. The summed E-state index contributed by atoms with van der Waals surface area (Å²) in [7, 11) is 3.69. The molecule has 0 amide bonds. The number of rotatable bonds is 6. The van der Waals surface area contributed by atoms with Crippen LogP contribution in [0.5, 0.6) is 11.6 Å². The summed E-state index contributed by atoms with van der Waals surface area (Å²) in [6.07, 6.45) is 3.20. The molecule has 0 aliphatic carbocycles. The zero-order chi connectivity index (χ0) is 25.5. The van der Waals surface area contributed by atoms with Gasteiger partial charge in [0.1, 0.15) is 17.7 Å². The third-order valence-electron chi connectivity index (χ3n) is 6.75. The molecule has 4 aromatic rings. The number of piperazine rings is 1. The van der Waals surface area contributed by atoms with Gasteiger partial charge < -0.3 is 24.6 Å². The van der Waals surface area contributed by atoms with Crippen LogP contribution in [0.15, 0.2) is 60.0 Å². The van der Waals surface area contributed by atoms with E-state index in [-0.39, 0.29) is 12.1 Å². The molecule has 11 nitrogen and oxygen atoms in total. The zero-order valence-electron chi connectivity index (χ0n) is 20.8. The molecule has 37 heavy (non-hydrogen) atoms. The summed E-state index contributed by atoms with van der Waals surface area (Å²) in [6, 6.07) is 11.7. The van der Waals surface area contributed by atoms with Crippen LogP contribution < -0.4 is 25.2 Å². The fourth-order valence-corrected chi connectivity index (χ4v) is 4.97. The van der Waals surface area contributed by atoms with Gasteiger partial charge in [0.25, 0.3) is 5.56 Å². The molecule has 2 aliphatic heterocycles. The van der Waals surface area contributed by atoms with Crippen molar-refractivity contribution >= 4 is 28.4 Å². The van der Waals surface area contributed by atoms with E-state index < -0.39 is 0 Å². The number of anilines is 3. The number of nitrogens with zero attached hydrogens (tertiary/aromatic N) is 7. The largest absolute Gasteiger partial charge is 0.489 e. The number of likely N-dealkylation sites (N-methyl/N-ethyl adjacent to an activating group) is 1. The predicted octanol–water partition coefficient (Wildman–Crippen LogP) is 2.43. The number of hydrogen-bond donors (Lipinski definition) is 1. The van der Waals surface area contributed by atoms with Crippen LogP contribution in [-0.2, 0) is 6.54 Å². The Bertz CT molecular complexity index is 1540. The first-order chi connectivity index (χ1) is 18.1. The molecular weight excluding hydrogens is 472 g/mol. The van der Waals surface area contributed by atoms with Crippen molar-refractivity contribution in [1.82, 2.24) is 29.2 Å². The average molecular weight is 501 g/mol. The minimum absolute atomic E-state index is 0.224. The Morgan fingerprint density at radius 3 is 2.97 bits per heavy atom. The maximum absolute atomic E-state index is 13.2. The van der Waals surface area contributed by atoms with Crippen LogP contribution in [0, 0.1) is 0 Å². The van der Waals surface area contributed by atoms with Gasteiger partial charge in [-0.15, -0.1) is 6.58 Å². The van der Waals surface area contributed by atoms with Gasteiger partial charge in [-0.25, -0.2) is 14.3 Å². The average Bonchev–Trinajstić information content (AvgIpc) is 3.19. The van der Waals surface area contributed by atoms with Crippen LogP contribution in [0.25, 0.3) is 16.9 Å². The summed E-state index contributed by atoms with van der Waals surface area (Å²) in [5, 5.41) is 3.69. The van der Waals surface area contributed by atoms with Gasteiger partial charge in [-0.2, -0.15) is 9.97 Å². The van der Waals surface area contributed by atoms with Gasteiger partial charge in [0, 0.05) is 37.6 Å². The summed E-state index contributed by atoms with van der Waals surface area (Å²) in [5.74, 6) is 2.18. The first-order valence-electron chi connectivity index (χ1n) is 12.2. The Balaban J connectivity index is 1.39. The number of hydrogen-bond acceptors (Lipinski definition) is 9. The number of aromatic nitrogens is 5. The highest BCUT2D eigenvalue weighted by Gasteiger charge is 2.32. The molecule has 1 aromatic carbocycles. The molecule has 0 radical (unpaired) electrons. The van der Waals surface area contributed by atoms with Crippen LogP contribution in [0.4, 0.5) is 17.3 Å². The van der Waals surface area contributed by atoms with Gasteiger partial charge in [0.05, 0.1) is 25.4 Å². The summed E-state index contributed by atoms with van der Waals surface area (Å²) >= 11 is 0. The van der Waals surface area contributed by atoms with Crippen molar-refractivity contribution < 1.29 is 9.47 Å². The molecule has 0 saturated carbocycles. The summed E-state index contributed by atoms with van der Waals surface area (Å²) in [5.41, 5.74) is 2.11. The van der Waals surface area contributed by atoms with E-state index in [0.29, 0.717) is 41.3 Å². The van der Waals surface area contributed by atoms with E-state index in [1.165, 1.54) is 4.68 Å². The summed E-state index contributed by atoms with van der Waals surface area (Å²) in [6.45, 7) is 7.68. The molecule has 1 fully saturated rings. The highest BCUT2D eigenvalue weighted by atomic mass is 16.5. The van der Waals surface area contributed by atoms with Gasteiger partial charge in [-0.3, -0.25) is 4.79 Å². The summed E-state index contributed by atoms with van der Waals surface area (Å²) < 4.78 is 14.5. The number of pyridine rings is 1. The molecule has 1 saturated heterocycles. The lowest BCUT2D eigenvalue weighted by molar-refractivity contribution is 0.188. The first kappa shape index (κ1) is 23.0. The van der Waals surface area contributed by atoms with E-state index in [1.807, 2.05) is 18.2 Å². The lowest BCUT2D eigenvalue weighted by atomic mass is 10.1. The number of fused-ring (bicyclic) bond motifs is 4. The highest BCUT2D eigenvalue weighted by Crippen LogP contribution is 2.37. The van der Waals surface area contributed by atoms with E-state index in [4.69, 9.17) is 14.5 Å². The SMILES string of the molecule is C=CCn1c(=O)c2cnc(Nc3ccc4c(c3)N3CCN(C)C[C@H]3CO4)nc2n1-c1cccc(OC)n1. The molecule has 2 aliphatic rings. The molecule has 3 aromatic heterocycles. The minimum atomic E-state index is -0.224. The van der Waals surface area contributed by atoms with E-state index in [0.717, 1.165) is 36.8 Å². The fraction of sp³-hybridized carbons (Fsp3) is 0.308. The van der Waals surface area contributed by atoms with Gasteiger partial charge in [0.15, 0.2) is 11.5 Å². The topological polar surface area (TPSA) is 103 Å². The van der Waals surface area contributed by atoms with Crippen molar-refractivity contribution in [2.45, 2.75) is 12.6 Å². The Kier molecular flexibility index (Phi) is 5.76. The van der Waals surface area contributed by atoms with Crippen molar-refractivity contribution in [3.05, 3.63) is 65.6 Å². The quantitative estimate of drug-likeness (QED) is 0.400. The Morgan fingerprint density at radius 1 is 1.24 bits per heavy atom. The molecule has 5 heterocycles. The standard InChI is InChI=1S/C26H28N8O3/c1-4-10-33-25(35)19-14-27-26(30-24(19)34(33)22-6-5-7-23(29-22)36-3)28-17-8-9-21-20(13-17)32-12-11-31(2)15-18(32)16-37-21/h4-9,13-14,18H,1,10-12,15-16H2,2-3H3,(H,27,28,30)/t18-/m0/s1. The van der Waals surface area contributed by atoms with Crippen molar-refractivity contribution in [1.29, 1.82) is 0 Å². The van der Waals surface area contributed by atoms with Gasteiger partial charge in [0.2, 0.25) is 11.8 Å². The third kappa shape index (κ3) is 4.06. The lowest BCUT2D eigenvalue weighted by Gasteiger charge is -2.44. The van der Waals surface area contributed by atoms with Crippen LogP contribution in [0.3, 0.4) is 0 Å². The number of benzene rings is 1. The smallest absolute Gasteiger partial charge is 0.278 e. The van der Waals surface area contributed by atoms with Crippen molar-refractivity contribution in [2.75, 3.05) is 50.6 Å². The fourth-order valence-electron chi connectivity index (χ4n) is 4.97. The molecule has 0 spiro atoms. The molecule has 6 rings (SSSR count). The molecule has 0 unspecified atom stereocenters. The van der Waals surface area contributed by atoms with Crippen molar-refractivity contribution in [3.63, 3.8) is 0 Å². The minimum Gasteiger partial charge on any atom is -0.489 e. The van der Waals surface area contributed by atoms with Crippen LogP contribution in [0.1, 0.15) is 0 Å². The van der Waals surface area contributed by atoms with E-state index in [9.17, 15) is 4.79 Å². The van der Waals surface area contributed by atoms with Crippen LogP contribution in [-0.4, -0.2) is 75.7 Å². The Morgan fingerprint density at radius 2 is 2.14 bits per heavy atom. The van der Waals surface area contributed by atoms with E-state index >= 15 is 0 Å². The van der Waals surface area contributed by atoms with E-state index in [1.54, 1.807) is 36.2 Å². The van der Waals surface area contributed by atoms with Crippen LogP contribution >= 0.6 is 0 Å². The molecule has 190 valence electrons. The molecule has 11 heteroatoms. The second-order valence-electron chi connectivity index (χ2n) is 9.18. The van der Waals surface area contributed by atoms with Crippen molar-refractivity contribution in [3.8, 4) is 17.4 Å². The third-order valence-corrected chi connectivity index (χ3v) is 6.75. The molecule has 0 bridgehead atoms. The second kappa shape index (κ2) is 9.25. The van der Waals surface area contributed by atoms with Gasteiger partial charge >= 0.3 is 0 Å². The maximum Gasteiger partial charge on any atom is 0.278 e. The van der Waals surface area contributed by atoms with Gasteiger partial charge in [-0.05, 0) is 31.3 Å². The molecule has 1 N–H and O–H groups in total. The Hall–Kier alpha value is -4.38. The predicted molar refractivity (Wildman–Crippen MR) is 142 cm³/mol. The number of ether oxygens (including phenoxy) is 2. The maximum atomic E-state index is 13.2. The second-order valence-corrected chi connectivity index (χ2v) is 9.18. The lowest BCUT2D eigenvalue weighted by Crippen LogP contribution is -2.56. The van der Waals surface area contributed by atoms with Gasteiger partial charge in [-0.1, -0.05) is 12.1 Å². The number of nitrogens with one attached hydrogen (secondary N) is 1. The highest BCUT2D eigenvalue weighted by molar-refractivity contribution is 5.77.